The molecular formula is C16H18ClN5S. The molecule has 0 spiro atoms. The fourth-order valence-electron chi connectivity index (χ4n) is 2.40. The maximum absolute atomic E-state index is 6.04. The topological polar surface area (TPSA) is 44.9 Å². The molecule has 120 valence electrons. The van der Waals surface area contributed by atoms with Gasteiger partial charge in [0.2, 0.25) is 0 Å². The smallest absolute Gasteiger partial charge is 0.194 e. The maximum Gasteiger partial charge on any atom is 0.194 e. The van der Waals surface area contributed by atoms with Crippen LogP contribution in [-0.2, 0) is 13.1 Å². The molecule has 1 N–H and O–H groups in total. The molecule has 0 amide bonds. The Hall–Kier alpha value is -2.05. The highest BCUT2D eigenvalue weighted by Crippen LogP contribution is 2.13. The number of hydrogen-bond acceptors (Lipinski definition) is 3. The normalized spacial score (nSPS) is 11.9. The van der Waals surface area contributed by atoms with Crippen LogP contribution in [-0.4, -0.2) is 34.3 Å². The van der Waals surface area contributed by atoms with Gasteiger partial charge in [0.1, 0.15) is 0 Å². The molecule has 5 nitrogen and oxygen atoms in total. The van der Waals surface area contributed by atoms with Gasteiger partial charge in [0, 0.05) is 43.4 Å². The number of thiazole rings is 1. The summed E-state index contributed by atoms with van der Waals surface area (Å²) in [5.41, 5.74) is 2.14. The second-order valence-corrected chi connectivity index (χ2v) is 6.52. The number of aliphatic imine (C=N–C) groups is 1. The third-order valence-electron chi connectivity index (χ3n) is 3.45. The van der Waals surface area contributed by atoms with E-state index in [4.69, 9.17) is 11.6 Å². The Morgan fingerprint density at radius 3 is 3.09 bits per heavy atom. The van der Waals surface area contributed by atoms with E-state index in [0.717, 1.165) is 33.7 Å². The lowest BCUT2D eigenvalue weighted by Gasteiger charge is -2.22. The third kappa shape index (κ3) is 3.83. The summed E-state index contributed by atoms with van der Waals surface area (Å²) in [6.07, 6.45) is 4.04. The van der Waals surface area contributed by atoms with Crippen LogP contribution in [0.5, 0.6) is 0 Å². The van der Waals surface area contributed by atoms with Gasteiger partial charge >= 0.3 is 0 Å². The lowest BCUT2D eigenvalue weighted by Crippen LogP contribution is -2.38. The van der Waals surface area contributed by atoms with Crippen LogP contribution < -0.4 is 5.32 Å². The number of halogens is 1. The standard InChI is InChI=1S/C16H18ClN5S/c1-18-15(21(2)10-12-4-3-5-13(17)8-12)19-9-14-11-22-6-7-23-16(22)20-14/h3-8,11H,9-10H2,1-2H3,(H,18,19). The van der Waals surface area contributed by atoms with Gasteiger partial charge in [-0.25, -0.2) is 4.98 Å². The molecule has 1 aromatic carbocycles. The lowest BCUT2D eigenvalue weighted by atomic mass is 10.2. The highest BCUT2D eigenvalue weighted by molar-refractivity contribution is 7.15. The van der Waals surface area contributed by atoms with Crippen molar-refractivity contribution in [1.82, 2.24) is 19.6 Å². The highest BCUT2D eigenvalue weighted by atomic mass is 35.5. The van der Waals surface area contributed by atoms with Crippen molar-refractivity contribution in [2.24, 2.45) is 4.99 Å². The Balaban J connectivity index is 1.61. The number of benzene rings is 1. The first-order chi connectivity index (χ1) is 11.2. The summed E-state index contributed by atoms with van der Waals surface area (Å²) in [6, 6.07) is 7.86. The average molecular weight is 348 g/mol. The Labute approximate surface area is 144 Å². The van der Waals surface area contributed by atoms with E-state index < -0.39 is 0 Å². The Kier molecular flexibility index (Phi) is 4.83. The van der Waals surface area contributed by atoms with Crippen LogP contribution in [0.3, 0.4) is 0 Å². The molecule has 3 rings (SSSR count). The molecule has 0 bridgehead atoms. The molecule has 0 aliphatic carbocycles. The van der Waals surface area contributed by atoms with Gasteiger partial charge in [-0.1, -0.05) is 23.7 Å². The first-order valence-corrected chi connectivity index (χ1v) is 8.49. The van der Waals surface area contributed by atoms with Gasteiger partial charge in [0.05, 0.1) is 12.2 Å². The van der Waals surface area contributed by atoms with Crippen LogP contribution in [0.1, 0.15) is 11.3 Å². The van der Waals surface area contributed by atoms with Gasteiger partial charge in [0.15, 0.2) is 10.9 Å². The first-order valence-electron chi connectivity index (χ1n) is 7.23. The van der Waals surface area contributed by atoms with Crippen LogP contribution in [0.25, 0.3) is 4.96 Å². The Morgan fingerprint density at radius 2 is 2.35 bits per heavy atom. The van der Waals surface area contributed by atoms with Crippen molar-refractivity contribution >= 4 is 33.9 Å². The number of hydrogen-bond donors (Lipinski definition) is 1. The summed E-state index contributed by atoms with van der Waals surface area (Å²) in [7, 11) is 3.78. The van der Waals surface area contributed by atoms with E-state index in [9.17, 15) is 0 Å². The van der Waals surface area contributed by atoms with Gasteiger partial charge in [-0.15, -0.1) is 11.3 Å². The molecule has 2 heterocycles. The number of nitrogens with one attached hydrogen (secondary N) is 1. The summed E-state index contributed by atoms with van der Waals surface area (Å²) in [5.74, 6) is 0.821. The van der Waals surface area contributed by atoms with Crippen molar-refractivity contribution in [2.75, 3.05) is 14.1 Å². The number of imidazole rings is 1. The largest absolute Gasteiger partial charge is 0.351 e. The zero-order chi connectivity index (χ0) is 16.2. The van der Waals surface area contributed by atoms with E-state index in [-0.39, 0.29) is 0 Å². The highest BCUT2D eigenvalue weighted by Gasteiger charge is 2.08. The summed E-state index contributed by atoms with van der Waals surface area (Å²) >= 11 is 7.67. The molecule has 0 atom stereocenters. The first kappa shape index (κ1) is 15.8. The molecule has 0 fully saturated rings. The molecule has 23 heavy (non-hydrogen) atoms. The second-order valence-electron chi connectivity index (χ2n) is 5.21. The van der Waals surface area contributed by atoms with E-state index >= 15 is 0 Å². The van der Waals surface area contributed by atoms with Gasteiger partial charge in [-0.2, -0.15) is 0 Å². The molecule has 0 radical (unpaired) electrons. The quantitative estimate of drug-likeness (QED) is 0.582. The van der Waals surface area contributed by atoms with Crippen molar-refractivity contribution in [3.05, 3.63) is 58.3 Å². The molecule has 7 heteroatoms. The molecule has 0 saturated carbocycles. The molecule has 0 unspecified atom stereocenters. The number of fused-ring (bicyclic) bond motifs is 1. The maximum atomic E-state index is 6.04. The molecule has 0 aliphatic heterocycles. The summed E-state index contributed by atoms with van der Waals surface area (Å²) in [6.45, 7) is 1.37. The van der Waals surface area contributed by atoms with Crippen LogP contribution in [0.2, 0.25) is 5.02 Å². The second kappa shape index (κ2) is 7.02. The van der Waals surface area contributed by atoms with Gasteiger partial charge in [0.25, 0.3) is 0 Å². The minimum absolute atomic E-state index is 0.640. The van der Waals surface area contributed by atoms with Crippen LogP contribution in [0.15, 0.2) is 47.0 Å². The molecule has 0 aliphatic rings. The predicted molar refractivity (Wildman–Crippen MR) is 96.2 cm³/mol. The van der Waals surface area contributed by atoms with Crippen LogP contribution in [0, 0.1) is 0 Å². The molecular weight excluding hydrogens is 330 g/mol. The number of rotatable bonds is 4. The van der Waals surface area contributed by atoms with Crippen molar-refractivity contribution < 1.29 is 0 Å². The van der Waals surface area contributed by atoms with E-state index in [1.54, 1.807) is 18.4 Å². The zero-order valence-electron chi connectivity index (χ0n) is 13.0. The van der Waals surface area contributed by atoms with Crippen molar-refractivity contribution in [3.8, 4) is 0 Å². The average Bonchev–Trinajstić information content (AvgIpc) is 3.09. The van der Waals surface area contributed by atoms with E-state index in [1.807, 2.05) is 47.4 Å². The van der Waals surface area contributed by atoms with Crippen molar-refractivity contribution in [3.63, 3.8) is 0 Å². The molecule has 3 aromatic rings. The minimum atomic E-state index is 0.640. The van der Waals surface area contributed by atoms with E-state index in [2.05, 4.69) is 26.3 Å². The third-order valence-corrected chi connectivity index (χ3v) is 4.46. The summed E-state index contributed by atoms with van der Waals surface area (Å²) < 4.78 is 2.03. The molecule has 0 saturated heterocycles. The van der Waals surface area contributed by atoms with Crippen molar-refractivity contribution in [2.45, 2.75) is 13.1 Å². The Morgan fingerprint density at radius 1 is 1.48 bits per heavy atom. The van der Waals surface area contributed by atoms with Gasteiger partial charge in [-0.3, -0.25) is 9.39 Å². The monoisotopic (exact) mass is 347 g/mol. The van der Waals surface area contributed by atoms with Crippen LogP contribution in [0.4, 0.5) is 0 Å². The summed E-state index contributed by atoms with van der Waals surface area (Å²) in [5, 5.41) is 6.12. The van der Waals surface area contributed by atoms with E-state index in [0.29, 0.717) is 6.54 Å². The fraction of sp³-hybridized carbons (Fsp3) is 0.250. The van der Waals surface area contributed by atoms with Crippen LogP contribution >= 0.6 is 22.9 Å². The van der Waals surface area contributed by atoms with Crippen molar-refractivity contribution in [1.29, 1.82) is 0 Å². The van der Waals surface area contributed by atoms with E-state index in [1.165, 1.54) is 0 Å². The van der Waals surface area contributed by atoms with Gasteiger partial charge in [-0.05, 0) is 17.7 Å². The number of aromatic nitrogens is 2. The molecule has 2 aromatic heterocycles. The Bertz CT molecular complexity index is 794. The SMILES string of the molecule is CN=C(NCc1cn2ccsc2n1)N(C)Cc1cccc(Cl)c1. The van der Waals surface area contributed by atoms with Gasteiger partial charge < -0.3 is 10.2 Å². The minimum Gasteiger partial charge on any atom is -0.351 e. The summed E-state index contributed by atoms with van der Waals surface area (Å²) in [4.78, 5) is 12.0. The number of guanidine groups is 1. The zero-order valence-corrected chi connectivity index (χ0v) is 14.6. The fourth-order valence-corrected chi connectivity index (χ4v) is 3.33. The lowest BCUT2D eigenvalue weighted by molar-refractivity contribution is 0.476. The number of nitrogens with zero attached hydrogens (tertiary/aromatic N) is 4. The predicted octanol–water partition coefficient (Wildman–Crippen LogP) is 3.26.